The first-order valence-electron chi connectivity index (χ1n) is 5.82. The zero-order valence-corrected chi connectivity index (χ0v) is 10.1. The highest BCUT2D eigenvalue weighted by Crippen LogP contribution is 2.23. The fraction of sp³-hybridized carbons (Fsp3) is 0.667. The van der Waals surface area contributed by atoms with Gasteiger partial charge in [0.25, 0.3) is 0 Å². The van der Waals surface area contributed by atoms with Crippen molar-refractivity contribution in [3.63, 3.8) is 0 Å². The van der Waals surface area contributed by atoms with Crippen LogP contribution in [-0.4, -0.2) is 22.1 Å². The maximum Gasteiger partial charge on any atom is 0.317 e. The summed E-state index contributed by atoms with van der Waals surface area (Å²) in [5, 5.41) is 0. The molecule has 1 aromatic heterocycles. The second kappa shape index (κ2) is 4.37. The lowest BCUT2D eigenvalue weighted by atomic mass is 9.90. The number of hydrogen-bond acceptors (Lipinski definition) is 4. The molecule has 2 rings (SSSR count). The third-order valence-electron chi connectivity index (χ3n) is 2.85. The number of ether oxygens (including phenoxy) is 1. The second-order valence-electron chi connectivity index (χ2n) is 4.84. The molecule has 0 saturated heterocycles. The van der Waals surface area contributed by atoms with E-state index in [0.717, 1.165) is 24.2 Å². The quantitative estimate of drug-likeness (QED) is 0.845. The molecule has 0 bridgehead atoms. The molecule has 4 nitrogen and oxygen atoms in total. The SMILES string of the molecule is Cc1cc(C(C)C)nc(OC2CC(N)C2)n1. The Kier molecular flexibility index (Phi) is 3.10. The Morgan fingerprint density at radius 1 is 1.38 bits per heavy atom. The Morgan fingerprint density at radius 3 is 2.62 bits per heavy atom. The van der Waals surface area contributed by atoms with Crippen molar-refractivity contribution in [2.45, 2.75) is 51.7 Å². The van der Waals surface area contributed by atoms with Crippen molar-refractivity contribution in [2.75, 3.05) is 0 Å². The number of aryl methyl sites for hydroxylation is 1. The van der Waals surface area contributed by atoms with Crippen molar-refractivity contribution in [2.24, 2.45) is 5.73 Å². The van der Waals surface area contributed by atoms with Crippen molar-refractivity contribution in [3.05, 3.63) is 17.5 Å². The lowest BCUT2D eigenvalue weighted by Crippen LogP contribution is -2.43. The van der Waals surface area contributed by atoms with Gasteiger partial charge in [-0.3, -0.25) is 0 Å². The Balaban J connectivity index is 2.08. The Hall–Kier alpha value is -1.16. The minimum atomic E-state index is 0.205. The summed E-state index contributed by atoms with van der Waals surface area (Å²) < 4.78 is 5.69. The molecule has 0 radical (unpaired) electrons. The molecule has 88 valence electrons. The van der Waals surface area contributed by atoms with Crippen molar-refractivity contribution >= 4 is 0 Å². The maximum absolute atomic E-state index is 5.71. The molecule has 16 heavy (non-hydrogen) atoms. The van der Waals surface area contributed by atoms with Gasteiger partial charge in [0.1, 0.15) is 6.10 Å². The van der Waals surface area contributed by atoms with Crippen LogP contribution in [0.15, 0.2) is 6.07 Å². The molecule has 1 heterocycles. The average Bonchev–Trinajstić information content (AvgIpc) is 2.14. The van der Waals surface area contributed by atoms with Crippen LogP contribution >= 0.6 is 0 Å². The summed E-state index contributed by atoms with van der Waals surface area (Å²) in [5.41, 5.74) is 7.70. The number of aromatic nitrogens is 2. The smallest absolute Gasteiger partial charge is 0.317 e. The first-order valence-corrected chi connectivity index (χ1v) is 5.82. The van der Waals surface area contributed by atoms with Gasteiger partial charge in [-0.05, 0) is 31.7 Å². The van der Waals surface area contributed by atoms with Gasteiger partial charge in [0.2, 0.25) is 0 Å². The van der Waals surface area contributed by atoms with Crippen LogP contribution < -0.4 is 10.5 Å². The molecule has 0 unspecified atom stereocenters. The zero-order valence-electron chi connectivity index (χ0n) is 10.1. The summed E-state index contributed by atoms with van der Waals surface area (Å²) in [7, 11) is 0. The van der Waals surface area contributed by atoms with Gasteiger partial charge in [-0.15, -0.1) is 0 Å². The number of nitrogens with zero attached hydrogens (tertiary/aromatic N) is 2. The van der Waals surface area contributed by atoms with Gasteiger partial charge in [0.05, 0.1) is 5.69 Å². The second-order valence-corrected chi connectivity index (χ2v) is 4.84. The predicted octanol–water partition coefficient (Wildman–Crippen LogP) is 1.78. The topological polar surface area (TPSA) is 61.0 Å². The number of rotatable bonds is 3. The molecule has 2 N–H and O–H groups in total. The third kappa shape index (κ3) is 2.50. The van der Waals surface area contributed by atoms with E-state index in [-0.39, 0.29) is 6.10 Å². The van der Waals surface area contributed by atoms with Crippen LogP contribution in [-0.2, 0) is 0 Å². The Bertz CT molecular complexity index is 373. The summed E-state index contributed by atoms with van der Waals surface area (Å²) in [6.07, 6.45) is 2.03. The number of hydrogen-bond donors (Lipinski definition) is 1. The van der Waals surface area contributed by atoms with Crippen LogP contribution in [0, 0.1) is 6.92 Å². The van der Waals surface area contributed by atoms with Crippen molar-refractivity contribution in [1.82, 2.24) is 9.97 Å². The lowest BCUT2D eigenvalue weighted by Gasteiger charge is -2.31. The normalized spacial score (nSPS) is 24.3. The van der Waals surface area contributed by atoms with E-state index in [1.165, 1.54) is 0 Å². The molecule has 1 fully saturated rings. The van der Waals surface area contributed by atoms with Crippen LogP contribution in [0.3, 0.4) is 0 Å². The van der Waals surface area contributed by atoms with Crippen LogP contribution in [0.2, 0.25) is 0 Å². The third-order valence-corrected chi connectivity index (χ3v) is 2.85. The maximum atomic E-state index is 5.71. The molecule has 0 spiro atoms. The van der Waals surface area contributed by atoms with Gasteiger partial charge in [0.15, 0.2) is 0 Å². The van der Waals surface area contributed by atoms with Gasteiger partial charge in [-0.25, -0.2) is 4.98 Å². The standard InChI is InChI=1S/C12H19N3O/c1-7(2)11-4-8(3)14-12(15-11)16-10-5-9(13)6-10/h4,7,9-10H,5-6,13H2,1-3H3. The van der Waals surface area contributed by atoms with Crippen LogP contribution in [0.5, 0.6) is 6.01 Å². The van der Waals surface area contributed by atoms with E-state index >= 15 is 0 Å². The van der Waals surface area contributed by atoms with Crippen molar-refractivity contribution in [1.29, 1.82) is 0 Å². The van der Waals surface area contributed by atoms with E-state index in [4.69, 9.17) is 10.5 Å². The highest BCUT2D eigenvalue weighted by molar-refractivity contribution is 5.15. The predicted molar refractivity (Wildman–Crippen MR) is 62.5 cm³/mol. The van der Waals surface area contributed by atoms with E-state index in [2.05, 4.69) is 23.8 Å². The fourth-order valence-corrected chi connectivity index (χ4v) is 1.76. The molecule has 1 aliphatic carbocycles. The van der Waals surface area contributed by atoms with Crippen molar-refractivity contribution in [3.8, 4) is 6.01 Å². The molecular formula is C12H19N3O. The number of nitrogens with two attached hydrogens (primary N) is 1. The fourth-order valence-electron chi connectivity index (χ4n) is 1.76. The lowest BCUT2D eigenvalue weighted by molar-refractivity contribution is 0.0899. The molecule has 0 aromatic carbocycles. The zero-order chi connectivity index (χ0) is 11.7. The van der Waals surface area contributed by atoms with Crippen LogP contribution in [0.25, 0.3) is 0 Å². The van der Waals surface area contributed by atoms with Crippen LogP contribution in [0.1, 0.15) is 44.0 Å². The largest absolute Gasteiger partial charge is 0.460 e. The molecule has 4 heteroatoms. The molecule has 1 aromatic rings. The van der Waals surface area contributed by atoms with Gasteiger partial charge in [-0.2, -0.15) is 4.98 Å². The molecule has 0 amide bonds. The van der Waals surface area contributed by atoms with E-state index in [1.54, 1.807) is 0 Å². The van der Waals surface area contributed by atoms with Gasteiger partial charge >= 0.3 is 6.01 Å². The van der Waals surface area contributed by atoms with E-state index in [0.29, 0.717) is 18.0 Å². The monoisotopic (exact) mass is 221 g/mol. The summed E-state index contributed by atoms with van der Waals surface area (Å²) in [6, 6.07) is 2.80. The molecular weight excluding hydrogens is 202 g/mol. The summed E-state index contributed by atoms with van der Waals surface area (Å²) in [4.78, 5) is 8.69. The average molecular weight is 221 g/mol. The highest BCUT2D eigenvalue weighted by atomic mass is 16.5. The van der Waals surface area contributed by atoms with Crippen molar-refractivity contribution < 1.29 is 4.74 Å². The van der Waals surface area contributed by atoms with E-state index < -0.39 is 0 Å². The van der Waals surface area contributed by atoms with Gasteiger partial charge in [-0.1, -0.05) is 13.8 Å². The van der Waals surface area contributed by atoms with E-state index in [9.17, 15) is 0 Å². The van der Waals surface area contributed by atoms with Gasteiger partial charge in [0, 0.05) is 11.7 Å². The minimum Gasteiger partial charge on any atom is -0.460 e. The molecule has 0 atom stereocenters. The summed E-state index contributed by atoms with van der Waals surface area (Å²) >= 11 is 0. The highest BCUT2D eigenvalue weighted by Gasteiger charge is 2.28. The summed E-state index contributed by atoms with van der Waals surface area (Å²) in [5.74, 6) is 0.396. The Labute approximate surface area is 96.2 Å². The molecule has 1 aliphatic rings. The van der Waals surface area contributed by atoms with Gasteiger partial charge < -0.3 is 10.5 Å². The molecule has 0 aliphatic heterocycles. The van der Waals surface area contributed by atoms with Crippen LogP contribution in [0.4, 0.5) is 0 Å². The summed E-state index contributed by atoms with van der Waals surface area (Å²) in [6.45, 7) is 6.20. The molecule has 1 saturated carbocycles. The minimum absolute atomic E-state index is 0.205. The van der Waals surface area contributed by atoms with E-state index in [1.807, 2.05) is 13.0 Å². The Morgan fingerprint density at radius 2 is 2.06 bits per heavy atom. The first-order chi connectivity index (χ1) is 7.54. The first kappa shape index (κ1) is 11.3.